The molecular formula is C12H13F3N2O3S. The number of hydrogen-bond acceptors (Lipinski definition) is 3. The number of alkyl halides is 3. The van der Waals surface area contributed by atoms with E-state index in [4.69, 9.17) is 5.11 Å². The maximum absolute atomic E-state index is 12.9. The van der Waals surface area contributed by atoms with E-state index in [1.54, 1.807) is 11.4 Å². The van der Waals surface area contributed by atoms with Crippen LogP contribution in [0.15, 0.2) is 11.4 Å². The third-order valence-electron chi connectivity index (χ3n) is 3.45. The van der Waals surface area contributed by atoms with Crippen molar-refractivity contribution in [3.05, 3.63) is 21.9 Å². The number of carboxylic acids is 1. The van der Waals surface area contributed by atoms with Gasteiger partial charge in [0.05, 0.1) is 0 Å². The summed E-state index contributed by atoms with van der Waals surface area (Å²) in [7, 11) is 0. The van der Waals surface area contributed by atoms with Crippen LogP contribution in [-0.2, 0) is 17.8 Å². The maximum Gasteiger partial charge on any atom is 0.422 e. The van der Waals surface area contributed by atoms with Crippen LogP contribution in [0.25, 0.3) is 0 Å². The van der Waals surface area contributed by atoms with Gasteiger partial charge in [0.2, 0.25) is 5.54 Å². The Balaban J connectivity index is 2.13. The summed E-state index contributed by atoms with van der Waals surface area (Å²) in [5.74, 6) is -2.14. The zero-order valence-corrected chi connectivity index (χ0v) is 11.8. The molecule has 1 unspecified atom stereocenters. The van der Waals surface area contributed by atoms with Crippen molar-refractivity contribution in [3.63, 3.8) is 0 Å². The Morgan fingerprint density at radius 3 is 2.67 bits per heavy atom. The van der Waals surface area contributed by atoms with E-state index < -0.39 is 23.7 Å². The summed E-state index contributed by atoms with van der Waals surface area (Å²) in [5, 5.41) is 12.2. The molecule has 2 heterocycles. The van der Waals surface area contributed by atoms with Crippen LogP contribution in [0.3, 0.4) is 0 Å². The molecule has 2 amide bonds. The number of hydrogen-bond donors (Lipinski definition) is 2. The van der Waals surface area contributed by atoms with Gasteiger partial charge < -0.3 is 15.3 Å². The first-order valence-electron chi connectivity index (χ1n) is 6.07. The summed E-state index contributed by atoms with van der Waals surface area (Å²) in [5.41, 5.74) is -2.43. The SMILES string of the molecule is CC(NC(=O)N1CCc2sccc2C1)(C(=O)O)C(F)(F)F. The molecule has 0 aliphatic carbocycles. The number of rotatable bonds is 2. The van der Waals surface area contributed by atoms with Gasteiger partial charge >= 0.3 is 18.2 Å². The highest BCUT2D eigenvalue weighted by Crippen LogP contribution is 2.31. The van der Waals surface area contributed by atoms with Crippen LogP contribution in [0.4, 0.5) is 18.0 Å². The molecule has 1 aromatic rings. The molecule has 0 saturated carbocycles. The fraction of sp³-hybridized carbons (Fsp3) is 0.500. The van der Waals surface area contributed by atoms with E-state index in [1.165, 1.54) is 16.2 Å². The molecule has 0 spiro atoms. The van der Waals surface area contributed by atoms with Crippen LogP contribution in [-0.4, -0.2) is 40.3 Å². The van der Waals surface area contributed by atoms with Gasteiger partial charge in [-0.3, -0.25) is 0 Å². The molecule has 0 fully saturated rings. The Labute approximate surface area is 122 Å². The number of aliphatic carboxylic acids is 1. The highest BCUT2D eigenvalue weighted by molar-refractivity contribution is 7.10. The Morgan fingerprint density at radius 1 is 1.43 bits per heavy atom. The smallest absolute Gasteiger partial charge is 0.422 e. The molecule has 116 valence electrons. The lowest BCUT2D eigenvalue weighted by Crippen LogP contribution is -2.64. The topological polar surface area (TPSA) is 69.6 Å². The third kappa shape index (κ3) is 2.82. The summed E-state index contributed by atoms with van der Waals surface area (Å²) in [4.78, 5) is 25.1. The summed E-state index contributed by atoms with van der Waals surface area (Å²) >= 11 is 1.53. The largest absolute Gasteiger partial charge is 0.479 e. The Morgan fingerprint density at radius 2 is 2.10 bits per heavy atom. The van der Waals surface area contributed by atoms with Crippen molar-refractivity contribution in [2.45, 2.75) is 31.6 Å². The maximum atomic E-state index is 12.9. The highest BCUT2D eigenvalue weighted by atomic mass is 32.1. The number of carboxylic acid groups (broad SMARTS) is 1. The number of nitrogens with zero attached hydrogens (tertiary/aromatic N) is 1. The Kier molecular flexibility index (Phi) is 3.87. The number of nitrogens with one attached hydrogen (secondary N) is 1. The monoisotopic (exact) mass is 322 g/mol. The van der Waals surface area contributed by atoms with Gasteiger partial charge in [0.25, 0.3) is 0 Å². The molecule has 0 radical (unpaired) electrons. The first-order valence-corrected chi connectivity index (χ1v) is 6.95. The van der Waals surface area contributed by atoms with Crippen LogP contribution in [0.2, 0.25) is 0 Å². The number of fused-ring (bicyclic) bond motifs is 1. The van der Waals surface area contributed by atoms with E-state index in [1.807, 2.05) is 5.38 Å². The molecule has 0 saturated heterocycles. The Bertz CT molecular complexity index is 572. The molecule has 2 N–H and O–H groups in total. The first kappa shape index (κ1) is 15.6. The van der Waals surface area contributed by atoms with E-state index in [0.717, 1.165) is 10.4 Å². The zero-order chi connectivity index (χ0) is 15.8. The van der Waals surface area contributed by atoms with Gasteiger partial charge in [0.1, 0.15) is 0 Å². The van der Waals surface area contributed by atoms with Gasteiger partial charge in [-0.15, -0.1) is 11.3 Å². The van der Waals surface area contributed by atoms with Crippen molar-refractivity contribution in [3.8, 4) is 0 Å². The van der Waals surface area contributed by atoms with Gasteiger partial charge in [0.15, 0.2) is 0 Å². The average molecular weight is 322 g/mol. The van der Waals surface area contributed by atoms with Gasteiger partial charge in [-0.1, -0.05) is 0 Å². The standard InChI is InChI=1S/C12H13F3N2O3S/c1-11(9(18)19,12(13,14)15)16-10(20)17-4-2-8-7(6-17)3-5-21-8/h3,5H,2,4,6H2,1H3,(H,16,20)(H,18,19). The lowest BCUT2D eigenvalue weighted by Gasteiger charge is -2.33. The second kappa shape index (κ2) is 5.21. The van der Waals surface area contributed by atoms with Gasteiger partial charge in [-0.05, 0) is 30.4 Å². The molecule has 5 nitrogen and oxygen atoms in total. The first-order chi connectivity index (χ1) is 9.65. The lowest BCUT2D eigenvalue weighted by molar-refractivity contribution is -0.203. The zero-order valence-electron chi connectivity index (χ0n) is 11.0. The van der Waals surface area contributed by atoms with Crippen LogP contribution in [0.5, 0.6) is 0 Å². The fourth-order valence-corrected chi connectivity index (χ4v) is 2.85. The number of thiophene rings is 1. The summed E-state index contributed by atoms with van der Waals surface area (Å²) in [6, 6.07) is 0.772. The lowest BCUT2D eigenvalue weighted by atomic mass is 10.0. The minimum Gasteiger partial charge on any atom is -0.479 e. The van der Waals surface area contributed by atoms with Gasteiger partial charge in [-0.25, -0.2) is 9.59 Å². The van der Waals surface area contributed by atoms with Gasteiger partial charge in [0, 0.05) is 18.0 Å². The van der Waals surface area contributed by atoms with Crippen LogP contribution in [0.1, 0.15) is 17.4 Å². The van der Waals surface area contributed by atoms with Crippen molar-refractivity contribution < 1.29 is 27.9 Å². The minimum absolute atomic E-state index is 0.179. The summed E-state index contributed by atoms with van der Waals surface area (Å²) in [6.45, 7) is 0.873. The van der Waals surface area contributed by atoms with Crippen molar-refractivity contribution in [1.29, 1.82) is 0 Å². The molecule has 1 aliphatic heterocycles. The summed E-state index contributed by atoms with van der Waals surface area (Å²) < 4.78 is 38.6. The molecule has 1 aromatic heterocycles. The Hall–Kier alpha value is -1.77. The quantitative estimate of drug-likeness (QED) is 0.877. The van der Waals surface area contributed by atoms with Crippen molar-refractivity contribution in [2.24, 2.45) is 0 Å². The third-order valence-corrected chi connectivity index (χ3v) is 4.47. The predicted molar refractivity (Wildman–Crippen MR) is 69.1 cm³/mol. The van der Waals surface area contributed by atoms with E-state index in [0.29, 0.717) is 13.3 Å². The van der Waals surface area contributed by atoms with Crippen LogP contribution in [0, 0.1) is 0 Å². The van der Waals surface area contributed by atoms with Gasteiger partial charge in [-0.2, -0.15) is 13.2 Å². The number of amides is 2. The number of halogens is 3. The second-order valence-electron chi connectivity index (χ2n) is 4.90. The minimum atomic E-state index is -5.09. The fourth-order valence-electron chi connectivity index (χ4n) is 1.96. The molecule has 1 aliphatic rings. The van der Waals surface area contributed by atoms with Crippen molar-refractivity contribution in [1.82, 2.24) is 10.2 Å². The van der Waals surface area contributed by atoms with Crippen LogP contribution >= 0.6 is 11.3 Å². The van der Waals surface area contributed by atoms with E-state index in [-0.39, 0.29) is 13.1 Å². The van der Waals surface area contributed by atoms with E-state index in [2.05, 4.69) is 0 Å². The van der Waals surface area contributed by atoms with Crippen molar-refractivity contribution in [2.75, 3.05) is 6.54 Å². The number of carbonyl (C=O) groups is 2. The average Bonchev–Trinajstić information content (AvgIpc) is 2.83. The molecule has 21 heavy (non-hydrogen) atoms. The van der Waals surface area contributed by atoms with E-state index in [9.17, 15) is 22.8 Å². The van der Waals surface area contributed by atoms with Crippen LogP contribution < -0.4 is 5.32 Å². The normalized spacial score (nSPS) is 17.8. The number of carbonyl (C=O) groups excluding carboxylic acids is 1. The van der Waals surface area contributed by atoms with E-state index >= 15 is 0 Å². The van der Waals surface area contributed by atoms with Crippen molar-refractivity contribution >= 4 is 23.3 Å². The molecule has 9 heteroatoms. The molecule has 1 atom stereocenters. The molecule has 0 bridgehead atoms. The molecule has 2 rings (SSSR count). The molecule has 0 aromatic carbocycles. The predicted octanol–water partition coefficient (Wildman–Crippen LogP) is 2.22. The highest BCUT2D eigenvalue weighted by Gasteiger charge is 2.58. The second-order valence-corrected chi connectivity index (χ2v) is 5.90. The molecular weight excluding hydrogens is 309 g/mol. The summed E-state index contributed by atoms with van der Waals surface area (Å²) in [6.07, 6.45) is -4.53. The number of urea groups is 1.